The monoisotopic (exact) mass is 270 g/mol. The molecule has 0 aromatic heterocycles. The molecule has 0 aromatic carbocycles. The Hall–Kier alpha value is -0.120. The van der Waals surface area contributed by atoms with Crippen molar-refractivity contribution in [2.24, 2.45) is 11.8 Å². The lowest BCUT2D eigenvalue weighted by Crippen LogP contribution is -2.50. The van der Waals surface area contributed by atoms with Crippen molar-refractivity contribution in [3.05, 3.63) is 0 Å². The zero-order valence-corrected chi connectivity index (χ0v) is 14.2. The van der Waals surface area contributed by atoms with Gasteiger partial charge in [0.15, 0.2) is 0 Å². The van der Waals surface area contributed by atoms with E-state index in [1.54, 1.807) is 0 Å². The van der Waals surface area contributed by atoms with Crippen LogP contribution >= 0.6 is 0 Å². The van der Waals surface area contributed by atoms with E-state index in [1.807, 2.05) is 0 Å². The molecule has 0 radical (unpaired) electrons. The Morgan fingerprint density at radius 1 is 1.16 bits per heavy atom. The average molecular weight is 270 g/mol. The summed E-state index contributed by atoms with van der Waals surface area (Å²) in [6.45, 7) is 19.1. The molecule has 0 saturated carbocycles. The third-order valence-electron chi connectivity index (χ3n) is 4.41. The predicted molar refractivity (Wildman–Crippen MR) is 82.5 cm³/mol. The Morgan fingerprint density at radius 3 is 2.16 bits per heavy atom. The molecular weight excluding hydrogens is 236 g/mol. The summed E-state index contributed by atoms with van der Waals surface area (Å²) < 4.78 is 6.31. The highest BCUT2D eigenvalue weighted by Gasteiger charge is 2.53. The third kappa shape index (κ3) is 3.93. The minimum atomic E-state index is -0.0971. The van der Waals surface area contributed by atoms with Gasteiger partial charge < -0.3 is 15.0 Å². The fraction of sp³-hybridized carbons (Fsp3) is 1.00. The van der Waals surface area contributed by atoms with E-state index in [0.29, 0.717) is 17.9 Å². The summed E-state index contributed by atoms with van der Waals surface area (Å²) >= 11 is 0. The Bertz CT molecular complexity index is 286. The van der Waals surface area contributed by atoms with Crippen molar-refractivity contribution in [1.82, 2.24) is 10.2 Å². The highest BCUT2D eigenvalue weighted by Crippen LogP contribution is 2.42. The van der Waals surface area contributed by atoms with E-state index in [0.717, 1.165) is 13.1 Å². The molecule has 114 valence electrons. The molecule has 1 aliphatic heterocycles. The van der Waals surface area contributed by atoms with E-state index >= 15 is 0 Å². The van der Waals surface area contributed by atoms with Gasteiger partial charge in [0.05, 0.1) is 11.2 Å². The second-order valence-corrected chi connectivity index (χ2v) is 7.43. The maximum Gasteiger partial charge on any atom is 0.0790 e. The Labute approximate surface area is 120 Å². The van der Waals surface area contributed by atoms with Gasteiger partial charge in [-0.1, -0.05) is 20.8 Å². The van der Waals surface area contributed by atoms with Crippen LogP contribution < -0.4 is 5.32 Å². The van der Waals surface area contributed by atoms with Gasteiger partial charge in [0, 0.05) is 25.0 Å². The molecule has 0 aromatic rings. The number of ether oxygens (including phenoxy) is 1. The maximum atomic E-state index is 6.31. The topological polar surface area (TPSA) is 24.5 Å². The second-order valence-electron chi connectivity index (χ2n) is 7.43. The van der Waals surface area contributed by atoms with Crippen LogP contribution in [0.4, 0.5) is 0 Å². The molecule has 1 aliphatic rings. The smallest absolute Gasteiger partial charge is 0.0790 e. The van der Waals surface area contributed by atoms with Gasteiger partial charge in [-0.2, -0.15) is 0 Å². The highest BCUT2D eigenvalue weighted by atomic mass is 16.5. The minimum absolute atomic E-state index is 0.0679. The molecule has 0 aliphatic carbocycles. The summed E-state index contributed by atoms with van der Waals surface area (Å²) in [4.78, 5) is 2.56. The summed E-state index contributed by atoms with van der Waals surface area (Å²) in [7, 11) is 2.06. The zero-order chi connectivity index (χ0) is 14.8. The van der Waals surface area contributed by atoms with Crippen molar-refractivity contribution in [2.45, 2.75) is 65.7 Å². The molecule has 3 nitrogen and oxygen atoms in total. The van der Waals surface area contributed by atoms with Crippen molar-refractivity contribution < 1.29 is 4.74 Å². The van der Waals surface area contributed by atoms with Gasteiger partial charge in [-0.3, -0.25) is 0 Å². The quantitative estimate of drug-likeness (QED) is 0.803. The molecule has 1 fully saturated rings. The first kappa shape index (κ1) is 16.9. The maximum absolute atomic E-state index is 6.31. The van der Waals surface area contributed by atoms with Crippen LogP contribution in [0.5, 0.6) is 0 Å². The molecule has 1 N–H and O–H groups in total. The van der Waals surface area contributed by atoms with Gasteiger partial charge in [-0.05, 0) is 47.2 Å². The molecule has 3 heteroatoms. The van der Waals surface area contributed by atoms with E-state index in [9.17, 15) is 0 Å². The highest BCUT2D eigenvalue weighted by molar-refractivity contribution is 5.05. The summed E-state index contributed by atoms with van der Waals surface area (Å²) in [5.74, 6) is 1.23. The lowest BCUT2D eigenvalue weighted by Gasteiger charge is -2.34. The van der Waals surface area contributed by atoms with Crippen molar-refractivity contribution in [3.63, 3.8) is 0 Å². The first-order valence-electron chi connectivity index (χ1n) is 7.73. The normalized spacial score (nSPS) is 29.4. The average Bonchev–Trinajstić information content (AvgIpc) is 2.41. The minimum Gasteiger partial charge on any atom is -0.368 e. The zero-order valence-electron chi connectivity index (χ0n) is 14.2. The van der Waals surface area contributed by atoms with Crippen LogP contribution in [0.3, 0.4) is 0 Å². The second kappa shape index (κ2) is 6.11. The summed E-state index contributed by atoms with van der Waals surface area (Å²) in [5, 5.41) is 3.49. The van der Waals surface area contributed by atoms with Crippen LogP contribution in [0.2, 0.25) is 0 Å². The van der Waals surface area contributed by atoms with Crippen LogP contribution in [0.15, 0.2) is 0 Å². The number of likely N-dealkylation sites (N-methyl/N-ethyl adjacent to an activating group) is 1. The predicted octanol–water partition coefficient (Wildman–Crippen LogP) is 2.76. The molecule has 0 amide bonds. The Balaban J connectivity index is 2.83. The fourth-order valence-corrected chi connectivity index (χ4v) is 3.70. The van der Waals surface area contributed by atoms with Gasteiger partial charge >= 0.3 is 0 Å². The van der Waals surface area contributed by atoms with Gasteiger partial charge in [0.25, 0.3) is 0 Å². The van der Waals surface area contributed by atoms with Crippen LogP contribution in [0, 0.1) is 11.8 Å². The van der Waals surface area contributed by atoms with Crippen LogP contribution in [0.1, 0.15) is 48.5 Å². The van der Waals surface area contributed by atoms with Crippen molar-refractivity contribution in [3.8, 4) is 0 Å². The number of nitrogens with zero attached hydrogens (tertiary/aromatic N) is 1. The summed E-state index contributed by atoms with van der Waals surface area (Å²) in [5.41, 5.74) is -0.165. The molecule has 1 rings (SSSR count). The van der Waals surface area contributed by atoms with E-state index in [2.05, 4.69) is 65.7 Å². The lowest BCUT2D eigenvalue weighted by molar-refractivity contribution is -0.0794. The third-order valence-corrected chi connectivity index (χ3v) is 4.41. The van der Waals surface area contributed by atoms with Crippen LogP contribution in [-0.4, -0.2) is 48.8 Å². The number of hydrogen-bond acceptors (Lipinski definition) is 3. The first-order valence-corrected chi connectivity index (χ1v) is 7.73. The molecule has 19 heavy (non-hydrogen) atoms. The van der Waals surface area contributed by atoms with Crippen molar-refractivity contribution >= 4 is 0 Å². The Kier molecular flexibility index (Phi) is 5.44. The van der Waals surface area contributed by atoms with Crippen LogP contribution in [0.25, 0.3) is 0 Å². The Morgan fingerprint density at radius 2 is 1.74 bits per heavy atom. The summed E-state index contributed by atoms with van der Waals surface area (Å²) in [6.07, 6.45) is 0. The van der Waals surface area contributed by atoms with E-state index in [1.165, 1.54) is 6.54 Å². The molecule has 2 atom stereocenters. The molecule has 1 heterocycles. The molecule has 2 unspecified atom stereocenters. The number of nitrogens with one attached hydrogen (secondary N) is 1. The van der Waals surface area contributed by atoms with Crippen molar-refractivity contribution in [1.29, 1.82) is 0 Å². The van der Waals surface area contributed by atoms with Crippen LogP contribution in [-0.2, 0) is 4.74 Å². The lowest BCUT2D eigenvalue weighted by atomic mass is 9.82. The standard InChI is InChI=1S/C16H34N2O/c1-9-18(10-12(2)3)11-13-14(17-8)16(6,7)19-15(13,4)5/h12-14,17H,9-11H2,1-8H3. The van der Waals surface area contributed by atoms with Crippen molar-refractivity contribution in [2.75, 3.05) is 26.7 Å². The molecule has 0 bridgehead atoms. The number of rotatable bonds is 6. The molecule has 0 spiro atoms. The molecular formula is C16H34N2O. The van der Waals surface area contributed by atoms with Gasteiger partial charge in [-0.25, -0.2) is 0 Å². The fourth-order valence-electron chi connectivity index (χ4n) is 3.70. The van der Waals surface area contributed by atoms with Gasteiger partial charge in [0.2, 0.25) is 0 Å². The number of hydrogen-bond donors (Lipinski definition) is 1. The van der Waals surface area contributed by atoms with E-state index in [4.69, 9.17) is 4.74 Å². The van der Waals surface area contributed by atoms with E-state index in [-0.39, 0.29) is 11.2 Å². The summed E-state index contributed by atoms with van der Waals surface area (Å²) in [6, 6.07) is 0.406. The first-order chi connectivity index (χ1) is 8.64. The van der Waals surface area contributed by atoms with Gasteiger partial charge in [0.1, 0.15) is 0 Å². The SMILES string of the molecule is CCN(CC(C)C)CC1C(NC)C(C)(C)OC1(C)C. The van der Waals surface area contributed by atoms with Gasteiger partial charge in [-0.15, -0.1) is 0 Å². The largest absolute Gasteiger partial charge is 0.368 e. The molecule has 1 saturated heterocycles. The van der Waals surface area contributed by atoms with E-state index < -0.39 is 0 Å².